The normalized spacial score (nSPS) is 20.8. The van der Waals surface area contributed by atoms with E-state index in [9.17, 15) is 18.6 Å². The zero-order valence-electron chi connectivity index (χ0n) is 10.8. The highest BCUT2D eigenvalue weighted by atomic mass is 32.2. The Kier molecular flexibility index (Phi) is 4.61. The third kappa shape index (κ3) is 2.45. The molecule has 0 aromatic heterocycles. The van der Waals surface area contributed by atoms with Crippen molar-refractivity contribution in [1.82, 2.24) is 10.2 Å². The van der Waals surface area contributed by atoms with Gasteiger partial charge < -0.3 is 0 Å². The van der Waals surface area contributed by atoms with Crippen molar-refractivity contribution in [2.75, 3.05) is 18.6 Å². The van der Waals surface area contributed by atoms with Crippen molar-refractivity contribution in [3.05, 3.63) is 0 Å². The maximum absolute atomic E-state index is 12.3. The van der Waals surface area contributed by atoms with Crippen molar-refractivity contribution in [2.45, 2.75) is 26.7 Å². The molecule has 0 bridgehead atoms. The molecule has 0 aromatic carbocycles. The molecule has 1 heterocycles. The smallest absolute Gasteiger partial charge is 0.277 e. The quantitative estimate of drug-likeness (QED) is 0.728. The number of barbiturate groups is 1. The highest BCUT2D eigenvalue weighted by molar-refractivity contribution is 7.84. The number of hydrogen-bond acceptors (Lipinski definition) is 4. The maximum Gasteiger partial charge on any atom is 0.330 e. The van der Waals surface area contributed by atoms with Crippen LogP contribution in [0.1, 0.15) is 26.7 Å². The summed E-state index contributed by atoms with van der Waals surface area (Å²) in [6.45, 7) is 3.56. The Morgan fingerprint density at radius 1 is 1.22 bits per heavy atom. The zero-order chi connectivity index (χ0) is 13.9. The molecule has 0 saturated carbocycles. The van der Waals surface area contributed by atoms with E-state index in [4.69, 9.17) is 0 Å². The molecule has 6 nitrogen and oxygen atoms in total. The van der Waals surface area contributed by atoms with Crippen molar-refractivity contribution < 1.29 is 18.6 Å². The fourth-order valence-corrected chi connectivity index (χ4v) is 2.47. The van der Waals surface area contributed by atoms with Gasteiger partial charge in [0, 0.05) is 29.4 Å². The summed E-state index contributed by atoms with van der Waals surface area (Å²) in [5, 5.41) is 2.20. The molecule has 102 valence electrons. The fourth-order valence-electron chi connectivity index (χ4n) is 2.03. The third-order valence-electron chi connectivity index (χ3n) is 3.36. The minimum Gasteiger partial charge on any atom is -0.277 e. The standard InChI is InChI=1S/C11H18N2O4S/c1-4-11(5-2)8(14)12-10(16)13(9(11)15)6-7-18(3)17/h4-7H2,1-3H3,(H,12,14,16). The summed E-state index contributed by atoms with van der Waals surface area (Å²) >= 11 is 0. The molecule has 1 fully saturated rings. The first-order valence-corrected chi connectivity index (χ1v) is 7.59. The monoisotopic (exact) mass is 274 g/mol. The van der Waals surface area contributed by atoms with E-state index >= 15 is 0 Å². The van der Waals surface area contributed by atoms with Crippen molar-refractivity contribution in [3.8, 4) is 0 Å². The summed E-state index contributed by atoms with van der Waals surface area (Å²) in [5.74, 6) is -0.792. The molecule has 4 amide bonds. The molecule has 1 N–H and O–H groups in total. The van der Waals surface area contributed by atoms with E-state index in [0.29, 0.717) is 12.8 Å². The second-order valence-corrected chi connectivity index (χ2v) is 5.84. The summed E-state index contributed by atoms with van der Waals surface area (Å²) in [5.41, 5.74) is -1.16. The van der Waals surface area contributed by atoms with Crippen LogP contribution < -0.4 is 5.32 Å². The van der Waals surface area contributed by atoms with Crippen LogP contribution in [-0.2, 0) is 20.4 Å². The van der Waals surface area contributed by atoms with Crippen LogP contribution in [0.4, 0.5) is 4.79 Å². The van der Waals surface area contributed by atoms with Gasteiger partial charge in [-0.2, -0.15) is 0 Å². The Labute approximate surface area is 109 Å². The molecule has 18 heavy (non-hydrogen) atoms. The molecule has 0 radical (unpaired) electrons. The van der Waals surface area contributed by atoms with Crippen molar-refractivity contribution >= 4 is 28.6 Å². The number of imide groups is 2. The van der Waals surface area contributed by atoms with Gasteiger partial charge in [0.25, 0.3) is 0 Å². The van der Waals surface area contributed by atoms with Gasteiger partial charge in [-0.1, -0.05) is 13.8 Å². The van der Waals surface area contributed by atoms with Crippen LogP contribution in [-0.4, -0.2) is 45.5 Å². The molecular weight excluding hydrogens is 256 g/mol. The summed E-state index contributed by atoms with van der Waals surface area (Å²) in [4.78, 5) is 36.7. The number of hydrogen-bond donors (Lipinski definition) is 1. The van der Waals surface area contributed by atoms with Crippen molar-refractivity contribution in [1.29, 1.82) is 0 Å². The van der Waals surface area contributed by atoms with Crippen LogP contribution in [0, 0.1) is 5.41 Å². The third-order valence-corrected chi connectivity index (χ3v) is 4.12. The van der Waals surface area contributed by atoms with Crippen molar-refractivity contribution in [3.63, 3.8) is 0 Å². The lowest BCUT2D eigenvalue weighted by Crippen LogP contribution is -2.64. The Morgan fingerprint density at radius 3 is 2.22 bits per heavy atom. The van der Waals surface area contributed by atoms with Gasteiger partial charge in [0.05, 0.1) is 0 Å². The largest absolute Gasteiger partial charge is 0.330 e. The molecule has 1 atom stereocenters. The van der Waals surface area contributed by atoms with E-state index < -0.39 is 34.1 Å². The number of rotatable bonds is 5. The number of amides is 4. The van der Waals surface area contributed by atoms with E-state index in [0.717, 1.165) is 4.90 Å². The average Bonchev–Trinajstić information content (AvgIpc) is 2.29. The predicted molar refractivity (Wildman–Crippen MR) is 67.2 cm³/mol. The predicted octanol–water partition coefficient (Wildman–Crippen LogP) is 0.250. The lowest BCUT2D eigenvalue weighted by Gasteiger charge is -2.38. The second-order valence-electron chi connectivity index (χ2n) is 4.28. The van der Waals surface area contributed by atoms with E-state index in [1.54, 1.807) is 13.8 Å². The molecular formula is C11H18N2O4S. The maximum atomic E-state index is 12.3. The van der Waals surface area contributed by atoms with Crippen LogP contribution >= 0.6 is 0 Å². The first-order valence-electron chi connectivity index (χ1n) is 5.86. The highest BCUT2D eigenvalue weighted by Crippen LogP contribution is 2.32. The second kappa shape index (κ2) is 5.60. The zero-order valence-corrected chi connectivity index (χ0v) is 11.6. The molecule has 1 saturated heterocycles. The summed E-state index contributed by atoms with van der Waals surface area (Å²) in [6, 6.07) is -0.715. The molecule has 1 aliphatic heterocycles. The average molecular weight is 274 g/mol. The van der Waals surface area contributed by atoms with Gasteiger partial charge >= 0.3 is 6.03 Å². The highest BCUT2D eigenvalue weighted by Gasteiger charge is 2.51. The number of nitrogens with zero attached hydrogens (tertiary/aromatic N) is 1. The number of nitrogens with one attached hydrogen (secondary N) is 1. The van der Waals surface area contributed by atoms with Crippen LogP contribution in [0.15, 0.2) is 0 Å². The van der Waals surface area contributed by atoms with E-state index in [-0.39, 0.29) is 12.3 Å². The lowest BCUT2D eigenvalue weighted by molar-refractivity contribution is -0.151. The first-order chi connectivity index (χ1) is 8.39. The van der Waals surface area contributed by atoms with Gasteiger partial charge in [-0.05, 0) is 12.8 Å². The number of carbonyl (C=O) groups excluding carboxylic acids is 3. The fraction of sp³-hybridized carbons (Fsp3) is 0.727. The molecule has 0 aromatic rings. The van der Waals surface area contributed by atoms with E-state index in [1.165, 1.54) is 6.26 Å². The summed E-state index contributed by atoms with van der Waals surface area (Å²) in [7, 11) is -1.09. The SMILES string of the molecule is CCC1(CC)C(=O)NC(=O)N(CCS(C)=O)C1=O. The molecule has 0 spiro atoms. The molecule has 1 rings (SSSR count). The minimum atomic E-state index is -1.16. The first kappa shape index (κ1) is 14.8. The molecule has 0 aliphatic carbocycles. The van der Waals surface area contributed by atoms with Crippen LogP contribution in [0.25, 0.3) is 0 Å². The van der Waals surface area contributed by atoms with E-state index in [2.05, 4.69) is 5.32 Å². The summed E-state index contributed by atoms with van der Waals surface area (Å²) < 4.78 is 11.0. The Bertz CT molecular complexity index is 404. The number of carbonyl (C=O) groups is 3. The molecule has 1 unspecified atom stereocenters. The van der Waals surface area contributed by atoms with Gasteiger partial charge in [-0.25, -0.2) is 4.79 Å². The lowest BCUT2D eigenvalue weighted by atomic mass is 9.78. The van der Waals surface area contributed by atoms with Gasteiger partial charge in [0.2, 0.25) is 11.8 Å². The Morgan fingerprint density at radius 2 is 1.78 bits per heavy atom. The van der Waals surface area contributed by atoms with Gasteiger partial charge in [0.15, 0.2) is 0 Å². The minimum absolute atomic E-state index is 0.0722. The van der Waals surface area contributed by atoms with Crippen molar-refractivity contribution in [2.24, 2.45) is 5.41 Å². The summed E-state index contributed by atoms with van der Waals surface area (Å²) in [6.07, 6.45) is 2.19. The van der Waals surface area contributed by atoms with Crippen LogP contribution in [0.3, 0.4) is 0 Å². The van der Waals surface area contributed by atoms with Gasteiger partial charge in [-0.15, -0.1) is 0 Å². The number of urea groups is 1. The van der Waals surface area contributed by atoms with Gasteiger partial charge in [0.1, 0.15) is 5.41 Å². The van der Waals surface area contributed by atoms with Crippen LogP contribution in [0.5, 0.6) is 0 Å². The Hall–Kier alpha value is -1.24. The van der Waals surface area contributed by atoms with E-state index in [1.807, 2.05) is 0 Å². The van der Waals surface area contributed by atoms with Gasteiger partial charge in [-0.3, -0.25) is 24.0 Å². The molecule has 1 aliphatic rings. The van der Waals surface area contributed by atoms with Crippen LogP contribution in [0.2, 0.25) is 0 Å². The molecule has 7 heteroatoms. The Balaban J connectivity index is 2.98. The topological polar surface area (TPSA) is 83.6 Å².